The molecule has 0 saturated heterocycles. The molecule has 0 unspecified atom stereocenters. The highest BCUT2D eigenvalue weighted by Gasteiger charge is 2.06. The molecule has 88 valence electrons. The van der Waals surface area contributed by atoms with Gasteiger partial charge in [0, 0.05) is 11.6 Å². The molecule has 0 saturated carbocycles. The van der Waals surface area contributed by atoms with Crippen LogP contribution >= 0.6 is 11.6 Å². The quantitative estimate of drug-likeness (QED) is 0.720. The molecule has 0 N–H and O–H groups in total. The summed E-state index contributed by atoms with van der Waals surface area (Å²) in [5.74, 6) is 1.23. The molecule has 0 atom stereocenters. The average Bonchev–Trinajstić information content (AvgIpc) is 2.34. The summed E-state index contributed by atoms with van der Waals surface area (Å²) in [6.45, 7) is 1.87. The molecule has 0 aromatic heterocycles. The lowest BCUT2D eigenvalue weighted by Gasteiger charge is -2.11. The van der Waals surface area contributed by atoms with Crippen LogP contribution in [0.1, 0.15) is 11.1 Å². The van der Waals surface area contributed by atoms with Gasteiger partial charge in [0.05, 0.1) is 5.88 Å². The third-order valence-corrected chi connectivity index (χ3v) is 2.77. The number of ether oxygens (including phenoxy) is 1. The number of halogens is 2. The summed E-state index contributed by atoms with van der Waals surface area (Å²) in [4.78, 5) is 0. The molecule has 0 bridgehead atoms. The lowest BCUT2D eigenvalue weighted by Crippen LogP contribution is -1.92. The summed E-state index contributed by atoms with van der Waals surface area (Å²) in [5, 5.41) is 0. The lowest BCUT2D eigenvalue weighted by molar-refractivity contribution is 0.469. The zero-order chi connectivity index (χ0) is 12.3. The minimum atomic E-state index is -0.311. The highest BCUT2D eigenvalue weighted by atomic mass is 35.5. The van der Waals surface area contributed by atoms with Crippen molar-refractivity contribution in [2.75, 3.05) is 0 Å². The standard InChI is InChI=1S/C14H12ClFO/c1-10-6-7-12(16)8-14(10)17-13-5-3-2-4-11(13)9-15/h2-8H,9H2,1H3. The van der Waals surface area contributed by atoms with Crippen molar-refractivity contribution in [3.05, 3.63) is 59.4 Å². The van der Waals surface area contributed by atoms with Gasteiger partial charge in [-0.3, -0.25) is 0 Å². The van der Waals surface area contributed by atoms with Gasteiger partial charge >= 0.3 is 0 Å². The molecule has 0 aliphatic carbocycles. The fourth-order valence-electron chi connectivity index (χ4n) is 1.52. The minimum Gasteiger partial charge on any atom is -0.457 e. The summed E-state index contributed by atoms with van der Waals surface area (Å²) < 4.78 is 18.8. The Morgan fingerprint density at radius 1 is 1.12 bits per heavy atom. The zero-order valence-electron chi connectivity index (χ0n) is 9.41. The largest absolute Gasteiger partial charge is 0.457 e. The SMILES string of the molecule is Cc1ccc(F)cc1Oc1ccccc1CCl. The van der Waals surface area contributed by atoms with Gasteiger partial charge in [-0.25, -0.2) is 4.39 Å². The zero-order valence-corrected chi connectivity index (χ0v) is 10.2. The van der Waals surface area contributed by atoms with Gasteiger partial charge in [0.1, 0.15) is 17.3 Å². The fourth-order valence-corrected chi connectivity index (χ4v) is 1.74. The van der Waals surface area contributed by atoms with Gasteiger partial charge in [-0.1, -0.05) is 24.3 Å². The first-order valence-electron chi connectivity index (χ1n) is 5.28. The molecule has 0 spiro atoms. The van der Waals surface area contributed by atoms with E-state index in [-0.39, 0.29) is 5.82 Å². The molecule has 17 heavy (non-hydrogen) atoms. The van der Waals surface area contributed by atoms with Crippen molar-refractivity contribution >= 4 is 11.6 Å². The van der Waals surface area contributed by atoms with Crippen LogP contribution in [0.25, 0.3) is 0 Å². The number of benzene rings is 2. The third-order valence-electron chi connectivity index (χ3n) is 2.49. The molecule has 0 heterocycles. The van der Waals surface area contributed by atoms with Gasteiger partial charge in [-0.2, -0.15) is 0 Å². The monoisotopic (exact) mass is 250 g/mol. The van der Waals surface area contributed by atoms with E-state index in [2.05, 4.69) is 0 Å². The maximum Gasteiger partial charge on any atom is 0.133 e. The predicted octanol–water partition coefficient (Wildman–Crippen LogP) is 4.67. The normalized spacial score (nSPS) is 10.3. The number of alkyl halides is 1. The van der Waals surface area contributed by atoms with E-state index in [4.69, 9.17) is 16.3 Å². The maximum atomic E-state index is 13.1. The fraction of sp³-hybridized carbons (Fsp3) is 0.143. The summed E-state index contributed by atoms with van der Waals surface area (Å²) in [6, 6.07) is 11.9. The van der Waals surface area contributed by atoms with Crippen molar-refractivity contribution in [2.24, 2.45) is 0 Å². The molecule has 0 aliphatic heterocycles. The molecule has 2 aromatic carbocycles. The summed E-state index contributed by atoms with van der Waals surface area (Å²) >= 11 is 5.82. The van der Waals surface area contributed by atoms with Crippen LogP contribution in [0.2, 0.25) is 0 Å². The molecule has 2 aromatic rings. The molecule has 0 fully saturated rings. The summed E-state index contributed by atoms with van der Waals surface area (Å²) in [7, 11) is 0. The number of rotatable bonds is 3. The van der Waals surface area contributed by atoms with Crippen LogP contribution in [0.4, 0.5) is 4.39 Å². The average molecular weight is 251 g/mol. The molecule has 0 amide bonds. The summed E-state index contributed by atoms with van der Waals surface area (Å²) in [5.41, 5.74) is 1.77. The Balaban J connectivity index is 2.34. The topological polar surface area (TPSA) is 9.23 Å². The smallest absolute Gasteiger partial charge is 0.133 e. The number of aryl methyl sites for hydroxylation is 1. The van der Waals surface area contributed by atoms with Crippen molar-refractivity contribution in [3.8, 4) is 11.5 Å². The van der Waals surface area contributed by atoms with Gasteiger partial charge in [0.25, 0.3) is 0 Å². The highest BCUT2D eigenvalue weighted by Crippen LogP contribution is 2.29. The van der Waals surface area contributed by atoms with E-state index < -0.39 is 0 Å². The van der Waals surface area contributed by atoms with Crippen molar-refractivity contribution in [2.45, 2.75) is 12.8 Å². The second kappa shape index (κ2) is 5.19. The number of hydrogen-bond donors (Lipinski definition) is 0. The molecular formula is C14H12ClFO. The lowest BCUT2D eigenvalue weighted by atomic mass is 10.2. The molecule has 2 rings (SSSR count). The van der Waals surface area contributed by atoms with Crippen LogP contribution in [-0.4, -0.2) is 0 Å². The third kappa shape index (κ3) is 2.77. The van der Waals surface area contributed by atoms with Crippen molar-refractivity contribution in [1.29, 1.82) is 0 Å². The Bertz CT molecular complexity index is 525. The molecule has 0 aliphatic rings. The highest BCUT2D eigenvalue weighted by molar-refractivity contribution is 6.17. The minimum absolute atomic E-state index is 0.311. The van der Waals surface area contributed by atoms with Crippen molar-refractivity contribution in [3.63, 3.8) is 0 Å². The van der Waals surface area contributed by atoms with Gasteiger partial charge < -0.3 is 4.74 Å². The first-order valence-corrected chi connectivity index (χ1v) is 5.82. The second-order valence-corrected chi connectivity index (χ2v) is 4.02. The van der Waals surface area contributed by atoms with E-state index in [9.17, 15) is 4.39 Å². The Kier molecular flexibility index (Phi) is 3.64. The molecule has 1 nitrogen and oxygen atoms in total. The van der Waals surface area contributed by atoms with E-state index in [0.29, 0.717) is 17.4 Å². The molecular weight excluding hydrogens is 239 g/mol. The van der Waals surface area contributed by atoms with Crippen LogP contribution in [0.3, 0.4) is 0 Å². The Labute approximate surface area is 105 Å². The van der Waals surface area contributed by atoms with Gasteiger partial charge in [0.2, 0.25) is 0 Å². The van der Waals surface area contributed by atoms with Gasteiger partial charge in [-0.15, -0.1) is 11.6 Å². The van der Waals surface area contributed by atoms with E-state index in [1.165, 1.54) is 12.1 Å². The first kappa shape index (κ1) is 11.9. The maximum absolute atomic E-state index is 13.1. The van der Waals surface area contributed by atoms with Crippen molar-refractivity contribution < 1.29 is 9.13 Å². The van der Waals surface area contributed by atoms with E-state index >= 15 is 0 Å². The molecule has 3 heteroatoms. The Morgan fingerprint density at radius 2 is 1.88 bits per heavy atom. The van der Waals surface area contributed by atoms with Crippen LogP contribution in [0.5, 0.6) is 11.5 Å². The predicted molar refractivity (Wildman–Crippen MR) is 67.2 cm³/mol. The van der Waals surface area contributed by atoms with Crippen LogP contribution in [0, 0.1) is 12.7 Å². The van der Waals surface area contributed by atoms with E-state index in [0.717, 1.165) is 11.1 Å². The summed E-state index contributed by atoms with van der Waals surface area (Å²) in [6.07, 6.45) is 0. The molecule has 0 radical (unpaired) electrons. The van der Waals surface area contributed by atoms with Crippen LogP contribution < -0.4 is 4.74 Å². The van der Waals surface area contributed by atoms with Crippen LogP contribution in [-0.2, 0) is 5.88 Å². The van der Waals surface area contributed by atoms with Gasteiger partial charge in [-0.05, 0) is 24.6 Å². The van der Waals surface area contributed by atoms with Crippen molar-refractivity contribution in [1.82, 2.24) is 0 Å². The number of para-hydroxylation sites is 1. The Morgan fingerprint density at radius 3 is 2.65 bits per heavy atom. The van der Waals surface area contributed by atoms with Gasteiger partial charge in [0.15, 0.2) is 0 Å². The number of hydrogen-bond acceptors (Lipinski definition) is 1. The first-order chi connectivity index (χ1) is 8.20. The van der Waals surface area contributed by atoms with Crippen LogP contribution in [0.15, 0.2) is 42.5 Å². The Hall–Kier alpha value is -1.54. The second-order valence-electron chi connectivity index (χ2n) is 3.75. The van der Waals surface area contributed by atoms with E-state index in [1.807, 2.05) is 31.2 Å². The van der Waals surface area contributed by atoms with E-state index in [1.54, 1.807) is 6.07 Å².